The Labute approximate surface area is 179 Å². The molecule has 1 fully saturated rings. The molecule has 0 aliphatic carbocycles. The number of ether oxygens (including phenoxy) is 1. The molecule has 1 aliphatic heterocycles. The predicted molar refractivity (Wildman–Crippen MR) is 121 cm³/mol. The SMILES string of the molecule is CCOc1ccc(CC(=O)NCC2CCN(Cc3ccccc3SC)CC2)cc1. The summed E-state index contributed by atoms with van der Waals surface area (Å²) in [5.41, 5.74) is 2.44. The van der Waals surface area contributed by atoms with E-state index in [0.717, 1.165) is 50.3 Å². The van der Waals surface area contributed by atoms with Gasteiger partial charge >= 0.3 is 0 Å². The Morgan fingerprint density at radius 2 is 1.86 bits per heavy atom. The number of piperidine rings is 1. The minimum Gasteiger partial charge on any atom is -0.494 e. The van der Waals surface area contributed by atoms with E-state index in [1.807, 2.05) is 43.0 Å². The van der Waals surface area contributed by atoms with Crippen LogP contribution in [0.2, 0.25) is 0 Å². The van der Waals surface area contributed by atoms with Crippen molar-refractivity contribution in [2.45, 2.75) is 37.6 Å². The number of nitrogens with zero attached hydrogens (tertiary/aromatic N) is 1. The summed E-state index contributed by atoms with van der Waals surface area (Å²) >= 11 is 1.82. The lowest BCUT2D eigenvalue weighted by molar-refractivity contribution is -0.120. The summed E-state index contributed by atoms with van der Waals surface area (Å²) in [5, 5.41) is 3.13. The van der Waals surface area contributed by atoms with Gasteiger partial charge in [0, 0.05) is 18.0 Å². The molecule has 5 heteroatoms. The molecule has 4 nitrogen and oxygen atoms in total. The number of amides is 1. The molecule has 2 aromatic rings. The topological polar surface area (TPSA) is 41.6 Å². The van der Waals surface area contributed by atoms with E-state index in [4.69, 9.17) is 4.74 Å². The molecule has 0 atom stereocenters. The standard InChI is InChI=1S/C24H32N2O2S/c1-3-28-22-10-8-19(9-11-22)16-24(27)25-17-20-12-14-26(15-13-20)18-21-6-4-5-7-23(21)29-2/h4-11,20H,3,12-18H2,1-2H3,(H,25,27). The van der Waals surface area contributed by atoms with Crippen molar-refractivity contribution >= 4 is 17.7 Å². The fraction of sp³-hybridized carbons (Fsp3) is 0.458. The summed E-state index contributed by atoms with van der Waals surface area (Å²) in [6.07, 6.45) is 4.85. The minimum atomic E-state index is 0.102. The normalized spacial score (nSPS) is 15.2. The van der Waals surface area contributed by atoms with Gasteiger partial charge in [-0.15, -0.1) is 11.8 Å². The Morgan fingerprint density at radius 1 is 1.14 bits per heavy atom. The monoisotopic (exact) mass is 412 g/mol. The van der Waals surface area contributed by atoms with Crippen molar-refractivity contribution in [1.29, 1.82) is 0 Å². The number of likely N-dealkylation sites (tertiary alicyclic amines) is 1. The summed E-state index contributed by atoms with van der Waals surface area (Å²) in [6, 6.07) is 16.5. The fourth-order valence-corrected chi connectivity index (χ4v) is 4.41. The molecular weight excluding hydrogens is 380 g/mol. The molecule has 0 unspecified atom stereocenters. The molecule has 2 aromatic carbocycles. The van der Waals surface area contributed by atoms with Crippen LogP contribution >= 0.6 is 11.8 Å². The van der Waals surface area contributed by atoms with Gasteiger partial charge in [0.1, 0.15) is 5.75 Å². The van der Waals surface area contributed by atoms with E-state index in [9.17, 15) is 4.79 Å². The highest BCUT2D eigenvalue weighted by Crippen LogP contribution is 2.24. The minimum absolute atomic E-state index is 0.102. The van der Waals surface area contributed by atoms with Crippen LogP contribution < -0.4 is 10.1 Å². The smallest absolute Gasteiger partial charge is 0.224 e. The van der Waals surface area contributed by atoms with Crippen LogP contribution in [0.4, 0.5) is 0 Å². The van der Waals surface area contributed by atoms with E-state index >= 15 is 0 Å². The molecule has 3 rings (SSSR count). The van der Waals surface area contributed by atoms with Crippen molar-refractivity contribution in [2.24, 2.45) is 5.92 Å². The predicted octanol–water partition coefficient (Wildman–Crippen LogP) is 4.38. The van der Waals surface area contributed by atoms with Gasteiger partial charge in [-0.1, -0.05) is 30.3 Å². The third-order valence-electron chi connectivity index (χ3n) is 5.48. The number of thioether (sulfide) groups is 1. The van der Waals surface area contributed by atoms with Gasteiger partial charge in [-0.2, -0.15) is 0 Å². The average molecular weight is 413 g/mol. The van der Waals surface area contributed by atoms with Gasteiger partial charge < -0.3 is 10.1 Å². The van der Waals surface area contributed by atoms with Crippen molar-refractivity contribution in [2.75, 3.05) is 32.5 Å². The number of hydrogen-bond donors (Lipinski definition) is 1. The first-order valence-electron chi connectivity index (χ1n) is 10.5. The molecule has 156 valence electrons. The van der Waals surface area contributed by atoms with Crippen LogP contribution in [0.1, 0.15) is 30.9 Å². The second-order valence-electron chi connectivity index (χ2n) is 7.59. The van der Waals surface area contributed by atoms with Crippen LogP contribution in [-0.2, 0) is 17.8 Å². The van der Waals surface area contributed by atoms with Crippen LogP contribution in [-0.4, -0.2) is 43.3 Å². The van der Waals surface area contributed by atoms with Crippen LogP contribution in [0.3, 0.4) is 0 Å². The van der Waals surface area contributed by atoms with Gasteiger partial charge in [-0.05, 0) is 74.4 Å². The second kappa shape index (κ2) is 11.3. The summed E-state index contributed by atoms with van der Waals surface area (Å²) in [4.78, 5) is 16.2. The third kappa shape index (κ3) is 6.79. The number of carbonyl (C=O) groups excluding carboxylic acids is 1. The van der Waals surface area contributed by atoms with Gasteiger partial charge in [-0.3, -0.25) is 9.69 Å². The number of benzene rings is 2. The highest BCUT2D eigenvalue weighted by atomic mass is 32.2. The number of nitrogens with one attached hydrogen (secondary N) is 1. The van der Waals surface area contributed by atoms with E-state index in [2.05, 4.69) is 40.7 Å². The molecule has 1 saturated heterocycles. The van der Waals surface area contributed by atoms with Gasteiger partial charge in [0.2, 0.25) is 5.91 Å². The molecule has 1 N–H and O–H groups in total. The van der Waals surface area contributed by atoms with Crippen LogP contribution in [0.5, 0.6) is 5.75 Å². The zero-order valence-corrected chi connectivity index (χ0v) is 18.3. The summed E-state index contributed by atoms with van der Waals surface area (Å²) < 4.78 is 5.45. The zero-order valence-electron chi connectivity index (χ0n) is 17.5. The largest absolute Gasteiger partial charge is 0.494 e. The maximum atomic E-state index is 12.3. The average Bonchev–Trinajstić information content (AvgIpc) is 2.75. The van der Waals surface area contributed by atoms with Crippen molar-refractivity contribution in [3.05, 3.63) is 59.7 Å². The Kier molecular flexibility index (Phi) is 8.44. The van der Waals surface area contributed by atoms with Crippen molar-refractivity contribution in [3.8, 4) is 5.75 Å². The molecule has 1 amide bonds. The second-order valence-corrected chi connectivity index (χ2v) is 8.44. The van der Waals surface area contributed by atoms with E-state index in [1.165, 1.54) is 10.5 Å². The first kappa shape index (κ1) is 21.7. The molecule has 0 bridgehead atoms. The van der Waals surface area contributed by atoms with Gasteiger partial charge in [0.05, 0.1) is 13.0 Å². The molecule has 1 heterocycles. The molecule has 0 radical (unpaired) electrons. The van der Waals surface area contributed by atoms with Crippen molar-refractivity contribution in [3.63, 3.8) is 0 Å². The molecular formula is C24H32N2O2S. The Balaban J connectivity index is 1.37. The summed E-state index contributed by atoms with van der Waals surface area (Å²) in [5.74, 6) is 1.53. The van der Waals surface area contributed by atoms with Crippen LogP contribution in [0.15, 0.2) is 53.4 Å². The molecule has 0 aromatic heterocycles. The maximum absolute atomic E-state index is 12.3. The number of hydrogen-bond acceptors (Lipinski definition) is 4. The van der Waals surface area contributed by atoms with E-state index < -0.39 is 0 Å². The fourth-order valence-electron chi connectivity index (χ4n) is 3.80. The Hall–Kier alpha value is -1.98. The van der Waals surface area contributed by atoms with E-state index in [1.54, 1.807) is 0 Å². The highest BCUT2D eigenvalue weighted by Gasteiger charge is 2.20. The lowest BCUT2D eigenvalue weighted by Gasteiger charge is -2.32. The Bertz CT molecular complexity index is 771. The summed E-state index contributed by atoms with van der Waals surface area (Å²) in [7, 11) is 0. The first-order chi connectivity index (χ1) is 14.2. The Morgan fingerprint density at radius 3 is 2.55 bits per heavy atom. The zero-order chi connectivity index (χ0) is 20.5. The van der Waals surface area contributed by atoms with Crippen LogP contribution in [0, 0.1) is 5.92 Å². The van der Waals surface area contributed by atoms with Crippen molar-refractivity contribution in [1.82, 2.24) is 10.2 Å². The molecule has 0 spiro atoms. The van der Waals surface area contributed by atoms with Gasteiger partial charge in [-0.25, -0.2) is 0 Å². The lowest BCUT2D eigenvalue weighted by Crippen LogP contribution is -2.38. The molecule has 1 aliphatic rings. The first-order valence-corrected chi connectivity index (χ1v) is 11.7. The lowest BCUT2D eigenvalue weighted by atomic mass is 9.96. The summed E-state index contributed by atoms with van der Waals surface area (Å²) in [6.45, 7) is 6.63. The van der Waals surface area contributed by atoms with E-state index in [0.29, 0.717) is 18.9 Å². The van der Waals surface area contributed by atoms with Gasteiger partial charge in [0.25, 0.3) is 0 Å². The third-order valence-corrected chi connectivity index (χ3v) is 6.32. The quantitative estimate of drug-likeness (QED) is 0.621. The molecule has 29 heavy (non-hydrogen) atoms. The number of carbonyl (C=O) groups is 1. The van der Waals surface area contributed by atoms with Gasteiger partial charge in [0.15, 0.2) is 0 Å². The highest BCUT2D eigenvalue weighted by molar-refractivity contribution is 7.98. The van der Waals surface area contributed by atoms with Crippen LogP contribution in [0.25, 0.3) is 0 Å². The number of rotatable bonds is 9. The maximum Gasteiger partial charge on any atom is 0.224 e. The van der Waals surface area contributed by atoms with E-state index in [-0.39, 0.29) is 5.91 Å². The molecule has 0 saturated carbocycles. The van der Waals surface area contributed by atoms with Crippen molar-refractivity contribution < 1.29 is 9.53 Å².